The van der Waals surface area contributed by atoms with Gasteiger partial charge in [0.05, 0.1) is 17.4 Å². The molecule has 1 amide bonds. The van der Waals surface area contributed by atoms with Gasteiger partial charge in [-0.25, -0.2) is 4.79 Å². The van der Waals surface area contributed by atoms with Crippen molar-refractivity contribution in [1.29, 1.82) is 0 Å². The van der Waals surface area contributed by atoms with Crippen LogP contribution < -0.4 is 16.6 Å². The topological polar surface area (TPSA) is 88.9 Å². The molecule has 0 unspecified atom stereocenters. The summed E-state index contributed by atoms with van der Waals surface area (Å²) in [6.45, 7) is 2.64. The average molecular weight is 340 g/mol. The number of H-pyrrole nitrogens is 1. The van der Waals surface area contributed by atoms with E-state index in [1.807, 2.05) is 30.7 Å². The normalized spacial score (nSPS) is 11.0. The number of amides is 1. The molecule has 0 saturated heterocycles. The summed E-state index contributed by atoms with van der Waals surface area (Å²) in [5.41, 5.74) is 1.74. The average Bonchev–Trinajstić information content (AvgIpc) is 2.91. The molecule has 3 rings (SSSR count). The molecule has 0 aliphatic heterocycles. The Labute approximate surface area is 143 Å². The van der Waals surface area contributed by atoms with Gasteiger partial charge in [-0.2, -0.15) is 0 Å². The minimum absolute atomic E-state index is 0.152. The molecule has 0 bridgehead atoms. The Kier molecular flexibility index (Phi) is 4.56. The third-order valence-electron chi connectivity index (χ3n) is 4.41. The number of para-hydroxylation sites is 1. The lowest BCUT2D eigenvalue weighted by molar-refractivity contribution is -0.121. The van der Waals surface area contributed by atoms with Crippen molar-refractivity contribution in [3.63, 3.8) is 0 Å². The zero-order valence-corrected chi connectivity index (χ0v) is 14.2. The maximum Gasteiger partial charge on any atom is 0.328 e. The van der Waals surface area contributed by atoms with Crippen LogP contribution in [0.3, 0.4) is 0 Å². The van der Waals surface area contributed by atoms with Gasteiger partial charge in [-0.3, -0.25) is 19.1 Å². The maximum absolute atomic E-state index is 12.1. The van der Waals surface area contributed by atoms with Gasteiger partial charge in [-0.05, 0) is 31.2 Å². The Hall–Kier alpha value is -3.09. The van der Waals surface area contributed by atoms with Crippen molar-refractivity contribution in [2.24, 2.45) is 7.05 Å². The molecule has 2 heterocycles. The summed E-state index contributed by atoms with van der Waals surface area (Å²) in [6, 6.07) is 10.8. The summed E-state index contributed by atoms with van der Waals surface area (Å²) in [5.74, 6) is -0.152. The first-order valence-electron chi connectivity index (χ1n) is 8.07. The fourth-order valence-electron chi connectivity index (χ4n) is 2.80. The highest BCUT2D eigenvalue weighted by molar-refractivity contribution is 5.78. The van der Waals surface area contributed by atoms with Crippen LogP contribution in [0.1, 0.15) is 17.8 Å². The molecule has 0 fully saturated rings. The number of carbonyl (C=O) groups is 1. The van der Waals surface area contributed by atoms with Gasteiger partial charge >= 0.3 is 5.69 Å². The van der Waals surface area contributed by atoms with E-state index in [1.54, 1.807) is 24.3 Å². The number of rotatable bonds is 5. The van der Waals surface area contributed by atoms with E-state index in [0.29, 0.717) is 17.4 Å². The molecule has 130 valence electrons. The van der Waals surface area contributed by atoms with Gasteiger partial charge in [0, 0.05) is 31.4 Å². The van der Waals surface area contributed by atoms with Crippen molar-refractivity contribution in [3.05, 3.63) is 68.6 Å². The SMILES string of the molecule is Cc1ccc(CNC(=O)CCn2c(=O)[nH]c(=O)c3ccccc32)n1C. The number of hydrogen-bond donors (Lipinski definition) is 2. The third-order valence-corrected chi connectivity index (χ3v) is 4.41. The number of benzene rings is 1. The molecule has 0 atom stereocenters. The zero-order chi connectivity index (χ0) is 18.0. The van der Waals surface area contributed by atoms with Gasteiger partial charge in [-0.1, -0.05) is 12.1 Å². The number of nitrogens with zero attached hydrogens (tertiary/aromatic N) is 2. The van der Waals surface area contributed by atoms with Gasteiger partial charge in [-0.15, -0.1) is 0 Å². The van der Waals surface area contributed by atoms with Crippen LogP contribution in [-0.4, -0.2) is 20.0 Å². The Morgan fingerprint density at radius 2 is 1.92 bits per heavy atom. The number of aromatic amines is 1. The van der Waals surface area contributed by atoms with Gasteiger partial charge in [0.2, 0.25) is 5.91 Å². The monoisotopic (exact) mass is 340 g/mol. The fraction of sp³-hybridized carbons (Fsp3) is 0.278. The van der Waals surface area contributed by atoms with Crippen LogP contribution in [0.5, 0.6) is 0 Å². The van der Waals surface area contributed by atoms with Crippen molar-refractivity contribution in [2.45, 2.75) is 26.4 Å². The molecule has 0 aliphatic carbocycles. The van der Waals surface area contributed by atoms with Crippen LogP contribution in [0, 0.1) is 6.92 Å². The smallest absolute Gasteiger partial charge is 0.328 e. The first-order valence-corrected chi connectivity index (χ1v) is 8.07. The summed E-state index contributed by atoms with van der Waals surface area (Å²) in [6.07, 6.45) is 0.152. The molecular weight excluding hydrogens is 320 g/mol. The Morgan fingerprint density at radius 3 is 2.64 bits per heavy atom. The number of aryl methyl sites for hydroxylation is 2. The summed E-state index contributed by atoms with van der Waals surface area (Å²) < 4.78 is 3.43. The van der Waals surface area contributed by atoms with Crippen LogP contribution in [-0.2, 0) is 24.9 Å². The number of hydrogen-bond acceptors (Lipinski definition) is 3. The highest BCUT2D eigenvalue weighted by Crippen LogP contribution is 2.08. The maximum atomic E-state index is 12.1. The molecule has 2 aromatic heterocycles. The van der Waals surface area contributed by atoms with Crippen LogP contribution in [0.2, 0.25) is 0 Å². The van der Waals surface area contributed by atoms with E-state index in [1.165, 1.54) is 4.57 Å². The van der Waals surface area contributed by atoms with E-state index < -0.39 is 11.2 Å². The summed E-state index contributed by atoms with van der Waals surface area (Å²) in [5, 5.41) is 3.29. The summed E-state index contributed by atoms with van der Waals surface area (Å²) in [7, 11) is 1.95. The molecule has 0 radical (unpaired) electrons. The van der Waals surface area contributed by atoms with E-state index in [2.05, 4.69) is 10.3 Å². The minimum atomic E-state index is -0.505. The van der Waals surface area contributed by atoms with Crippen molar-refractivity contribution in [2.75, 3.05) is 0 Å². The van der Waals surface area contributed by atoms with Crippen LogP contribution in [0.4, 0.5) is 0 Å². The molecule has 0 spiro atoms. The fourth-order valence-corrected chi connectivity index (χ4v) is 2.80. The van der Waals surface area contributed by atoms with E-state index in [4.69, 9.17) is 0 Å². The molecule has 1 aromatic carbocycles. The lowest BCUT2D eigenvalue weighted by Crippen LogP contribution is -2.32. The first kappa shape index (κ1) is 16.8. The quantitative estimate of drug-likeness (QED) is 0.727. The number of nitrogens with one attached hydrogen (secondary N) is 2. The predicted molar refractivity (Wildman–Crippen MR) is 95.4 cm³/mol. The van der Waals surface area contributed by atoms with Crippen molar-refractivity contribution in [3.8, 4) is 0 Å². The van der Waals surface area contributed by atoms with Gasteiger partial charge in [0.15, 0.2) is 0 Å². The highest BCUT2D eigenvalue weighted by atomic mass is 16.2. The van der Waals surface area contributed by atoms with Gasteiger partial charge in [0.1, 0.15) is 0 Å². The van der Waals surface area contributed by atoms with E-state index >= 15 is 0 Å². The number of aromatic nitrogens is 3. The Balaban J connectivity index is 1.70. The molecular formula is C18H20N4O3. The molecule has 0 aliphatic rings. The van der Waals surface area contributed by atoms with Gasteiger partial charge < -0.3 is 9.88 Å². The van der Waals surface area contributed by atoms with Crippen molar-refractivity contribution in [1.82, 2.24) is 19.4 Å². The van der Waals surface area contributed by atoms with Crippen LogP contribution in [0.15, 0.2) is 46.0 Å². The van der Waals surface area contributed by atoms with Crippen molar-refractivity contribution >= 4 is 16.8 Å². The highest BCUT2D eigenvalue weighted by Gasteiger charge is 2.09. The lowest BCUT2D eigenvalue weighted by Gasteiger charge is -2.10. The molecule has 2 N–H and O–H groups in total. The predicted octanol–water partition coefficient (Wildman–Crippen LogP) is 1.04. The van der Waals surface area contributed by atoms with Crippen LogP contribution >= 0.6 is 0 Å². The number of fused-ring (bicyclic) bond motifs is 1. The Morgan fingerprint density at radius 1 is 1.16 bits per heavy atom. The minimum Gasteiger partial charge on any atom is -0.350 e. The second kappa shape index (κ2) is 6.80. The molecule has 7 nitrogen and oxygen atoms in total. The largest absolute Gasteiger partial charge is 0.350 e. The van der Waals surface area contributed by atoms with E-state index in [0.717, 1.165) is 11.4 Å². The van der Waals surface area contributed by atoms with Crippen molar-refractivity contribution < 1.29 is 4.79 Å². The van der Waals surface area contributed by atoms with E-state index in [9.17, 15) is 14.4 Å². The summed E-state index contributed by atoms with van der Waals surface area (Å²) >= 11 is 0. The number of carbonyl (C=O) groups excluding carboxylic acids is 1. The molecule has 25 heavy (non-hydrogen) atoms. The van der Waals surface area contributed by atoms with E-state index in [-0.39, 0.29) is 18.9 Å². The van der Waals surface area contributed by atoms with Crippen LogP contribution in [0.25, 0.3) is 10.9 Å². The first-order chi connectivity index (χ1) is 12.0. The third kappa shape index (κ3) is 3.40. The molecule has 7 heteroatoms. The second-order valence-electron chi connectivity index (χ2n) is 5.98. The Bertz CT molecular complexity index is 1040. The molecule has 0 saturated carbocycles. The van der Waals surface area contributed by atoms with Gasteiger partial charge in [0.25, 0.3) is 5.56 Å². The second-order valence-corrected chi connectivity index (χ2v) is 5.98. The summed E-state index contributed by atoms with van der Waals surface area (Å²) in [4.78, 5) is 38.3. The molecule has 3 aromatic rings. The zero-order valence-electron chi connectivity index (χ0n) is 14.2. The lowest BCUT2D eigenvalue weighted by atomic mass is 10.2. The standard InChI is InChI=1S/C18H20N4O3/c1-12-7-8-13(21(12)2)11-19-16(23)9-10-22-15-6-4-3-5-14(15)17(24)20-18(22)25/h3-8H,9-11H2,1-2H3,(H,19,23)(H,20,24,25).